The highest BCUT2D eigenvalue weighted by atomic mass is 16.5. The predicted octanol–water partition coefficient (Wildman–Crippen LogP) is 0.879. The van der Waals surface area contributed by atoms with Gasteiger partial charge in [0.15, 0.2) is 0 Å². The Labute approximate surface area is 118 Å². The SMILES string of the molecule is NC(=O)c1ccc(NCCOC2CCC(N)CC2)nc1. The van der Waals surface area contributed by atoms with E-state index >= 15 is 0 Å². The van der Waals surface area contributed by atoms with E-state index in [4.69, 9.17) is 16.2 Å². The standard InChI is InChI=1S/C14H22N4O2/c15-11-2-4-12(5-3-11)20-8-7-17-13-6-1-10(9-18-13)14(16)19/h1,6,9,11-12H,2-5,7-8,15H2,(H2,16,19)(H,17,18). The molecule has 0 saturated heterocycles. The second-order valence-electron chi connectivity index (χ2n) is 5.13. The van der Waals surface area contributed by atoms with Crippen molar-refractivity contribution >= 4 is 11.7 Å². The molecule has 1 fully saturated rings. The lowest BCUT2D eigenvalue weighted by Gasteiger charge is -2.26. The minimum absolute atomic E-state index is 0.335. The maximum Gasteiger partial charge on any atom is 0.250 e. The van der Waals surface area contributed by atoms with E-state index in [1.807, 2.05) is 0 Å². The molecule has 20 heavy (non-hydrogen) atoms. The maximum absolute atomic E-state index is 10.9. The summed E-state index contributed by atoms with van der Waals surface area (Å²) in [6, 6.07) is 3.74. The van der Waals surface area contributed by atoms with Crippen molar-refractivity contribution in [3.8, 4) is 0 Å². The molecule has 5 N–H and O–H groups in total. The largest absolute Gasteiger partial charge is 0.376 e. The minimum atomic E-state index is -0.470. The van der Waals surface area contributed by atoms with Gasteiger partial charge in [0, 0.05) is 18.8 Å². The molecule has 0 bridgehead atoms. The van der Waals surface area contributed by atoms with Crippen LogP contribution in [0, 0.1) is 0 Å². The van der Waals surface area contributed by atoms with Gasteiger partial charge in [0.25, 0.3) is 0 Å². The van der Waals surface area contributed by atoms with E-state index in [1.54, 1.807) is 12.1 Å². The summed E-state index contributed by atoms with van der Waals surface area (Å²) >= 11 is 0. The lowest BCUT2D eigenvalue weighted by molar-refractivity contribution is 0.0313. The number of hydrogen-bond donors (Lipinski definition) is 3. The van der Waals surface area contributed by atoms with Crippen LogP contribution in [-0.2, 0) is 4.74 Å². The molecule has 1 saturated carbocycles. The molecule has 2 rings (SSSR count). The van der Waals surface area contributed by atoms with Gasteiger partial charge in [-0.25, -0.2) is 4.98 Å². The van der Waals surface area contributed by atoms with Crippen molar-refractivity contribution in [2.24, 2.45) is 11.5 Å². The molecule has 1 aromatic rings. The predicted molar refractivity (Wildman–Crippen MR) is 77.4 cm³/mol. The Hall–Kier alpha value is -1.66. The molecule has 1 aromatic heterocycles. The number of ether oxygens (including phenoxy) is 1. The molecule has 0 atom stereocenters. The number of carbonyl (C=O) groups is 1. The van der Waals surface area contributed by atoms with Gasteiger partial charge in [0.2, 0.25) is 5.91 Å². The number of nitrogens with two attached hydrogens (primary N) is 2. The van der Waals surface area contributed by atoms with Crippen LogP contribution in [0.3, 0.4) is 0 Å². The molecule has 1 amide bonds. The van der Waals surface area contributed by atoms with Crippen molar-refractivity contribution in [3.05, 3.63) is 23.9 Å². The topological polar surface area (TPSA) is 103 Å². The van der Waals surface area contributed by atoms with Crippen molar-refractivity contribution in [2.45, 2.75) is 37.8 Å². The minimum Gasteiger partial charge on any atom is -0.376 e. The Morgan fingerprint density at radius 2 is 2.10 bits per heavy atom. The summed E-state index contributed by atoms with van der Waals surface area (Å²) in [5, 5.41) is 3.15. The summed E-state index contributed by atoms with van der Waals surface area (Å²) < 4.78 is 5.80. The van der Waals surface area contributed by atoms with Gasteiger partial charge in [-0.1, -0.05) is 0 Å². The summed E-state index contributed by atoms with van der Waals surface area (Å²) in [5.74, 6) is 0.243. The van der Waals surface area contributed by atoms with Crippen LogP contribution in [-0.4, -0.2) is 36.2 Å². The third-order valence-electron chi connectivity index (χ3n) is 3.53. The van der Waals surface area contributed by atoms with E-state index in [9.17, 15) is 4.79 Å². The van der Waals surface area contributed by atoms with Gasteiger partial charge in [-0.2, -0.15) is 0 Å². The summed E-state index contributed by atoms with van der Waals surface area (Å²) in [5.41, 5.74) is 11.4. The van der Waals surface area contributed by atoms with E-state index in [2.05, 4.69) is 10.3 Å². The van der Waals surface area contributed by atoms with Crippen LogP contribution >= 0.6 is 0 Å². The lowest BCUT2D eigenvalue weighted by Crippen LogP contribution is -2.31. The Balaban J connectivity index is 1.64. The number of nitrogens with one attached hydrogen (secondary N) is 1. The van der Waals surface area contributed by atoms with Gasteiger partial charge in [0.1, 0.15) is 5.82 Å². The van der Waals surface area contributed by atoms with Crippen molar-refractivity contribution < 1.29 is 9.53 Å². The highest BCUT2D eigenvalue weighted by Gasteiger charge is 2.18. The van der Waals surface area contributed by atoms with Crippen LogP contribution in [0.15, 0.2) is 18.3 Å². The van der Waals surface area contributed by atoms with E-state index in [0.717, 1.165) is 25.7 Å². The van der Waals surface area contributed by atoms with Crippen LogP contribution in [0.5, 0.6) is 0 Å². The Morgan fingerprint density at radius 1 is 1.35 bits per heavy atom. The number of hydrogen-bond acceptors (Lipinski definition) is 5. The Morgan fingerprint density at radius 3 is 2.70 bits per heavy atom. The van der Waals surface area contributed by atoms with E-state index < -0.39 is 5.91 Å². The number of pyridine rings is 1. The second-order valence-corrected chi connectivity index (χ2v) is 5.13. The third-order valence-corrected chi connectivity index (χ3v) is 3.53. The van der Waals surface area contributed by atoms with Crippen LogP contribution in [0.25, 0.3) is 0 Å². The highest BCUT2D eigenvalue weighted by molar-refractivity contribution is 5.92. The number of aromatic nitrogens is 1. The first-order valence-electron chi connectivity index (χ1n) is 7.02. The zero-order valence-corrected chi connectivity index (χ0v) is 11.5. The zero-order valence-electron chi connectivity index (χ0n) is 11.5. The fraction of sp³-hybridized carbons (Fsp3) is 0.571. The van der Waals surface area contributed by atoms with Gasteiger partial charge in [0.05, 0.1) is 18.3 Å². The first kappa shape index (κ1) is 14.7. The van der Waals surface area contributed by atoms with Crippen molar-refractivity contribution in [3.63, 3.8) is 0 Å². The molecular weight excluding hydrogens is 256 g/mol. The van der Waals surface area contributed by atoms with Gasteiger partial charge in [-0.15, -0.1) is 0 Å². The number of primary amides is 1. The summed E-state index contributed by atoms with van der Waals surface area (Å²) in [4.78, 5) is 15.0. The van der Waals surface area contributed by atoms with Gasteiger partial charge in [-0.05, 0) is 37.8 Å². The van der Waals surface area contributed by atoms with Gasteiger partial charge in [-0.3, -0.25) is 4.79 Å². The normalized spacial score (nSPS) is 22.4. The molecule has 6 heteroatoms. The molecular formula is C14H22N4O2. The number of rotatable bonds is 6. The van der Waals surface area contributed by atoms with Gasteiger partial charge >= 0.3 is 0 Å². The fourth-order valence-corrected chi connectivity index (χ4v) is 2.30. The molecule has 1 heterocycles. The third kappa shape index (κ3) is 4.47. The molecule has 0 aliphatic heterocycles. The van der Waals surface area contributed by atoms with Crippen LogP contribution < -0.4 is 16.8 Å². The lowest BCUT2D eigenvalue weighted by atomic mass is 9.94. The molecule has 0 spiro atoms. The summed E-state index contributed by atoms with van der Waals surface area (Å²) in [7, 11) is 0. The monoisotopic (exact) mass is 278 g/mol. The average molecular weight is 278 g/mol. The molecule has 1 aliphatic carbocycles. The van der Waals surface area contributed by atoms with Crippen LogP contribution in [0.2, 0.25) is 0 Å². The molecule has 1 aliphatic rings. The van der Waals surface area contributed by atoms with Crippen molar-refractivity contribution in [1.82, 2.24) is 4.98 Å². The molecule has 0 unspecified atom stereocenters. The quantitative estimate of drug-likeness (QED) is 0.670. The first-order valence-corrected chi connectivity index (χ1v) is 7.02. The molecule has 110 valence electrons. The zero-order chi connectivity index (χ0) is 14.4. The highest BCUT2D eigenvalue weighted by Crippen LogP contribution is 2.19. The Kier molecular flexibility index (Phi) is 5.31. The van der Waals surface area contributed by atoms with Crippen LogP contribution in [0.4, 0.5) is 5.82 Å². The number of amides is 1. The van der Waals surface area contributed by atoms with Crippen LogP contribution in [0.1, 0.15) is 36.0 Å². The number of nitrogens with zero attached hydrogens (tertiary/aromatic N) is 1. The van der Waals surface area contributed by atoms with Gasteiger partial charge < -0.3 is 21.5 Å². The average Bonchev–Trinajstić information content (AvgIpc) is 2.46. The van der Waals surface area contributed by atoms with Crippen molar-refractivity contribution in [1.29, 1.82) is 0 Å². The molecule has 6 nitrogen and oxygen atoms in total. The second kappa shape index (κ2) is 7.21. The summed E-state index contributed by atoms with van der Waals surface area (Å²) in [6.07, 6.45) is 6.00. The number of anilines is 1. The van der Waals surface area contributed by atoms with Crippen molar-refractivity contribution in [2.75, 3.05) is 18.5 Å². The Bertz CT molecular complexity index is 427. The smallest absolute Gasteiger partial charge is 0.250 e. The van der Waals surface area contributed by atoms with E-state index in [-0.39, 0.29) is 0 Å². The fourth-order valence-electron chi connectivity index (χ4n) is 2.30. The first-order chi connectivity index (χ1) is 9.65. The maximum atomic E-state index is 10.9. The van der Waals surface area contributed by atoms with E-state index in [0.29, 0.717) is 36.7 Å². The molecule has 0 aromatic carbocycles. The van der Waals surface area contributed by atoms with E-state index in [1.165, 1.54) is 6.20 Å². The molecule has 0 radical (unpaired) electrons. The summed E-state index contributed by atoms with van der Waals surface area (Å²) in [6.45, 7) is 1.32. The number of carbonyl (C=O) groups excluding carboxylic acids is 1.